The molecule has 1 saturated heterocycles. The van der Waals surface area contributed by atoms with Crippen LogP contribution < -0.4 is 10.4 Å². The molecule has 1 heterocycles. The van der Waals surface area contributed by atoms with E-state index in [1.54, 1.807) is 0 Å². The number of nitrogens with one attached hydrogen (secondary N) is 1. The Hall–Kier alpha value is -2.15. The average molecular weight is 318 g/mol. The summed E-state index contributed by atoms with van der Waals surface area (Å²) in [6.45, 7) is 3.91. The molecule has 2 rings (SSSR count). The monoisotopic (exact) mass is 318 g/mol. The Kier molecular flexibility index (Phi) is 5.32. The lowest BCUT2D eigenvalue weighted by Crippen LogP contribution is -2.31. The van der Waals surface area contributed by atoms with Gasteiger partial charge in [0.25, 0.3) is 0 Å². The molecule has 0 spiro atoms. The Bertz CT molecular complexity index is 638. The van der Waals surface area contributed by atoms with Crippen LogP contribution in [0.1, 0.15) is 31.4 Å². The molecule has 0 unspecified atom stereocenters. The van der Waals surface area contributed by atoms with Crippen LogP contribution >= 0.6 is 11.8 Å². The number of amidine groups is 1. The fraction of sp³-hybridized carbons (Fsp3) is 0.333. The van der Waals surface area contributed by atoms with Crippen molar-refractivity contribution in [1.29, 1.82) is 0 Å². The third-order valence-corrected chi connectivity index (χ3v) is 4.27. The molecule has 0 radical (unpaired) electrons. The van der Waals surface area contributed by atoms with Gasteiger partial charge in [-0.2, -0.15) is 5.10 Å². The smallest absolute Gasteiger partial charge is 0.239 e. The van der Waals surface area contributed by atoms with Crippen molar-refractivity contribution in [3.8, 4) is 0 Å². The number of aliphatic carboxylic acids is 1. The summed E-state index contributed by atoms with van der Waals surface area (Å²) in [5, 5.41) is 20.7. The summed E-state index contributed by atoms with van der Waals surface area (Å²) in [5.41, 5.74) is 2.90. The summed E-state index contributed by atoms with van der Waals surface area (Å²) in [4.78, 5) is 22.1. The summed E-state index contributed by atoms with van der Waals surface area (Å²) >= 11 is 1.05. The number of hydrogen-bond acceptors (Lipinski definition) is 6. The summed E-state index contributed by atoms with van der Waals surface area (Å²) in [6, 6.07) is 8.00. The summed E-state index contributed by atoms with van der Waals surface area (Å²) < 4.78 is 0. The number of carboxylic acid groups (broad SMARTS) is 1. The van der Waals surface area contributed by atoms with Crippen LogP contribution in [0.3, 0.4) is 0 Å². The van der Waals surface area contributed by atoms with E-state index in [1.165, 1.54) is 5.56 Å². The maximum absolute atomic E-state index is 11.6. The largest absolute Gasteiger partial charge is 0.550 e. The fourth-order valence-electron chi connectivity index (χ4n) is 1.90. The van der Waals surface area contributed by atoms with Gasteiger partial charge in [0, 0.05) is 12.4 Å². The zero-order valence-electron chi connectivity index (χ0n) is 12.3. The zero-order chi connectivity index (χ0) is 16.1. The highest BCUT2D eigenvalue weighted by Gasteiger charge is 2.30. The first-order valence-electron chi connectivity index (χ1n) is 6.88. The number of aryl methyl sites for hydroxylation is 1. The lowest BCUT2D eigenvalue weighted by Gasteiger charge is -2.04. The third-order valence-electron chi connectivity index (χ3n) is 3.20. The Morgan fingerprint density at radius 2 is 2.05 bits per heavy atom. The van der Waals surface area contributed by atoms with Crippen LogP contribution in [0, 0.1) is 0 Å². The molecule has 0 aliphatic carbocycles. The highest BCUT2D eigenvalue weighted by atomic mass is 32.2. The molecule has 1 N–H and O–H groups in total. The van der Waals surface area contributed by atoms with Gasteiger partial charge in [-0.3, -0.25) is 4.79 Å². The van der Waals surface area contributed by atoms with Crippen LogP contribution in [0.4, 0.5) is 0 Å². The van der Waals surface area contributed by atoms with E-state index in [0.717, 1.165) is 23.7 Å². The molecule has 7 heteroatoms. The van der Waals surface area contributed by atoms with Gasteiger partial charge in [-0.15, -0.1) is 5.10 Å². The minimum atomic E-state index is -1.26. The van der Waals surface area contributed by atoms with Crippen molar-refractivity contribution in [3.63, 3.8) is 0 Å². The number of carbonyl (C=O) groups is 2. The first kappa shape index (κ1) is 16.2. The molecule has 1 aromatic rings. The molecule has 0 aromatic heterocycles. The number of hydrogen-bond donors (Lipinski definition) is 1. The number of amides is 1. The topological polar surface area (TPSA) is 94.0 Å². The van der Waals surface area contributed by atoms with Gasteiger partial charge in [0.05, 0.1) is 11.0 Å². The molecular formula is C15H16N3O3S-. The predicted octanol–water partition coefficient (Wildman–Crippen LogP) is 0.701. The fourth-order valence-corrected chi connectivity index (χ4v) is 2.80. The second kappa shape index (κ2) is 7.22. The predicted molar refractivity (Wildman–Crippen MR) is 84.6 cm³/mol. The van der Waals surface area contributed by atoms with Crippen molar-refractivity contribution in [1.82, 2.24) is 5.32 Å². The van der Waals surface area contributed by atoms with Crippen molar-refractivity contribution < 1.29 is 14.7 Å². The molecule has 6 nitrogen and oxygen atoms in total. The van der Waals surface area contributed by atoms with Crippen LogP contribution in [0.15, 0.2) is 34.5 Å². The zero-order valence-corrected chi connectivity index (χ0v) is 13.1. The van der Waals surface area contributed by atoms with Crippen molar-refractivity contribution in [3.05, 3.63) is 35.4 Å². The second-order valence-corrected chi connectivity index (χ2v) is 6.00. The van der Waals surface area contributed by atoms with E-state index < -0.39 is 11.2 Å². The van der Waals surface area contributed by atoms with Gasteiger partial charge in [0.1, 0.15) is 0 Å². The lowest BCUT2D eigenvalue weighted by molar-refractivity contribution is -0.305. The summed E-state index contributed by atoms with van der Waals surface area (Å²) in [5.74, 6) is -1.64. The van der Waals surface area contributed by atoms with E-state index in [1.807, 2.05) is 31.2 Å². The van der Waals surface area contributed by atoms with Gasteiger partial charge in [-0.1, -0.05) is 43.0 Å². The van der Waals surface area contributed by atoms with Crippen LogP contribution in [-0.2, 0) is 16.0 Å². The Balaban J connectivity index is 2.06. The van der Waals surface area contributed by atoms with Crippen molar-refractivity contribution >= 4 is 34.5 Å². The molecule has 1 fully saturated rings. The maximum Gasteiger partial charge on any atom is 0.239 e. The molecule has 1 aliphatic rings. The van der Waals surface area contributed by atoms with Crippen LogP contribution in [-0.4, -0.2) is 28.0 Å². The standard InChI is InChI=1S/C15H17N3O3S/c1-3-10-4-6-11(7-5-10)9(2)17-18-15-16-14(21)12(22-15)8-13(19)20/h4-7,12H,3,8H2,1-2H3,(H,19,20)(H,16,18,21)/p-1/b17-9-/t12-/m0/s1. The number of thioether (sulfide) groups is 1. The van der Waals surface area contributed by atoms with Crippen LogP contribution in [0.25, 0.3) is 0 Å². The summed E-state index contributed by atoms with van der Waals surface area (Å²) in [7, 11) is 0. The van der Waals surface area contributed by atoms with Gasteiger partial charge in [-0.05, 0) is 24.5 Å². The second-order valence-electron chi connectivity index (χ2n) is 4.81. The maximum atomic E-state index is 11.6. The minimum absolute atomic E-state index is 0.306. The van der Waals surface area contributed by atoms with E-state index in [2.05, 4.69) is 22.4 Å². The Morgan fingerprint density at radius 3 is 2.64 bits per heavy atom. The molecule has 116 valence electrons. The molecule has 22 heavy (non-hydrogen) atoms. The third kappa shape index (κ3) is 4.17. The normalized spacial score (nSPS) is 20.3. The SMILES string of the molecule is CCc1ccc(/C(C)=N\N=C2\NC(=O)[C@H](CC(=O)[O-])S2)cc1. The van der Waals surface area contributed by atoms with Gasteiger partial charge in [0.2, 0.25) is 5.91 Å². The molecule has 1 amide bonds. The van der Waals surface area contributed by atoms with Gasteiger partial charge in [-0.25, -0.2) is 0 Å². The molecular weight excluding hydrogens is 302 g/mol. The van der Waals surface area contributed by atoms with E-state index >= 15 is 0 Å². The van der Waals surface area contributed by atoms with E-state index in [-0.39, 0.29) is 12.3 Å². The highest BCUT2D eigenvalue weighted by molar-refractivity contribution is 8.15. The highest BCUT2D eigenvalue weighted by Crippen LogP contribution is 2.22. The quantitative estimate of drug-likeness (QED) is 0.639. The average Bonchev–Trinajstić information content (AvgIpc) is 2.84. The Labute approximate surface area is 132 Å². The van der Waals surface area contributed by atoms with Crippen LogP contribution in [0.5, 0.6) is 0 Å². The van der Waals surface area contributed by atoms with E-state index in [0.29, 0.717) is 10.9 Å². The van der Waals surface area contributed by atoms with Crippen LogP contribution in [0.2, 0.25) is 0 Å². The van der Waals surface area contributed by atoms with Crippen molar-refractivity contribution in [2.24, 2.45) is 10.2 Å². The molecule has 1 aliphatic heterocycles. The molecule has 0 bridgehead atoms. The van der Waals surface area contributed by atoms with E-state index in [4.69, 9.17) is 0 Å². The van der Waals surface area contributed by atoms with Gasteiger partial charge >= 0.3 is 0 Å². The first-order chi connectivity index (χ1) is 10.5. The molecule has 1 atom stereocenters. The van der Waals surface area contributed by atoms with Gasteiger partial charge in [0.15, 0.2) is 5.17 Å². The molecule has 0 saturated carbocycles. The number of carbonyl (C=O) groups excluding carboxylic acids is 2. The number of carboxylic acids is 1. The Morgan fingerprint density at radius 1 is 1.36 bits per heavy atom. The van der Waals surface area contributed by atoms with Gasteiger partial charge < -0.3 is 15.2 Å². The number of benzene rings is 1. The first-order valence-corrected chi connectivity index (χ1v) is 7.76. The van der Waals surface area contributed by atoms with E-state index in [9.17, 15) is 14.7 Å². The number of rotatable bonds is 5. The summed E-state index contributed by atoms with van der Waals surface area (Å²) in [6.07, 6.45) is 0.637. The number of nitrogens with zero attached hydrogens (tertiary/aromatic N) is 2. The van der Waals surface area contributed by atoms with Crippen molar-refractivity contribution in [2.75, 3.05) is 0 Å². The minimum Gasteiger partial charge on any atom is -0.550 e. The van der Waals surface area contributed by atoms with Crippen molar-refractivity contribution in [2.45, 2.75) is 31.9 Å². The lowest BCUT2D eigenvalue weighted by atomic mass is 10.1. The molecule has 1 aromatic carbocycles.